The summed E-state index contributed by atoms with van der Waals surface area (Å²) in [6.07, 6.45) is 4.05. The molecular weight excluding hydrogens is 314 g/mol. The van der Waals surface area contributed by atoms with Gasteiger partial charge < -0.3 is 15.7 Å². The Morgan fingerprint density at radius 2 is 1.44 bits per heavy atom. The fourth-order valence-corrected chi connectivity index (χ4v) is 2.39. The third kappa shape index (κ3) is 4.65. The first kappa shape index (κ1) is 16.7. The molecular formula is C20H19N3O2. The Morgan fingerprint density at radius 1 is 0.840 bits per heavy atom. The number of aromatic nitrogens is 1. The Labute approximate surface area is 146 Å². The molecule has 25 heavy (non-hydrogen) atoms. The van der Waals surface area contributed by atoms with Gasteiger partial charge in [0.25, 0.3) is 5.91 Å². The van der Waals surface area contributed by atoms with E-state index in [9.17, 15) is 4.79 Å². The van der Waals surface area contributed by atoms with Gasteiger partial charge in [-0.2, -0.15) is 0 Å². The molecule has 0 spiro atoms. The molecule has 0 bridgehead atoms. The van der Waals surface area contributed by atoms with Crippen molar-refractivity contribution in [2.24, 2.45) is 0 Å². The van der Waals surface area contributed by atoms with Crippen molar-refractivity contribution < 1.29 is 9.90 Å². The van der Waals surface area contributed by atoms with Crippen molar-refractivity contribution in [1.82, 2.24) is 4.98 Å². The topological polar surface area (TPSA) is 74.2 Å². The summed E-state index contributed by atoms with van der Waals surface area (Å²) >= 11 is 0. The van der Waals surface area contributed by atoms with Crippen LogP contribution in [0, 0.1) is 0 Å². The Morgan fingerprint density at radius 3 is 2.08 bits per heavy atom. The van der Waals surface area contributed by atoms with E-state index in [1.165, 1.54) is 0 Å². The van der Waals surface area contributed by atoms with Crippen LogP contribution in [-0.4, -0.2) is 22.6 Å². The van der Waals surface area contributed by atoms with Crippen LogP contribution in [0.15, 0.2) is 73.1 Å². The van der Waals surface area contributed by atoms with E-state index in [1.807, 2.05) is 48.5 Å². The minimum Gasteiger partial charge on any atom is -0.396 e. The quantitative estimate of drug-likeness (QED) is 0.644. The molecule has 1 amide bonds. The van der Waals surface area contributed by atoms with Crippen LogP contribution in [0.25, 0.3) is 0 Å². The summed E-state index contributed by atoms with van der Waals surface area (Å²) in [5.41, 5.74) is 4.18. The Balaban J connectivity index is 1.62. The number of nitrogens with zero attached hydrogens (tertiary/aromatic N) is 1. The average molecular weight is 333 g/mol. The SMILES string of the molecule is O=C(Nc1ccc(CCO)cc1)c1ccc(Nc2ccncc2)cc1. The number of carbonyl (C=O) groups excluding carboxylic acids is 1. The first-order chi connectivity index (χ1) is 12.2. The van der Waals surface area contributed by atoms with E-state index in [4.69, 9.17) is 5.11 Å². The standard InChI is InChI=1S/C20H19N3O2/c24-14-11-15-1-5-18(6-2-15)23-20(25)16-3-7-17(8-4-16)22-19-9-12-21-13-10-19/h1-10,12-13,24H,11,14H2,(H,21,22)(H,23,25). The van der Waals surface area contributed by atoms with E-state index in [1.54, 1.807) is 24.5 Å². The molecule has 0 atom stereocenters. The first-order valence-corrected chi connectivity index (χ1v) is 8.03. The zero-order valence-electron chi connectivity index (χ0n) is 13.6. The van der Waals surface area contributed by atoms with Crippen molar-refractivity contribution in [1.29, 1.82) is 0 Å². The van der Waals surface area contributed by atoms with Gasteiger partial charge in [-0.3, -0.25) is 9.78 Å². The number of anilines is 3. The number of carbonyl (C=O) groups is 1. The van der Waals surface area contributed by atoms with Gasteiger partial charge in [-0.15, -0.1) is 0 Å². The second kappa shape index (κ2) is 8.08. The molecule has 2 aromatic carbocycles. The van der Waals surface area contributed by atoms with E-state index in [0.717, 1.165) is 22.6 Å². The number of hydrogen-bond donors (Lipinski definition) is 3. The number of benzene rings is 2. The summed E-state index contributed by atoms with van der Waals surface area (Å²) in [5, 5.41) is 15.0. The number of nitrogens with one attached hydrogen (secondary N) is 2. The molecule has 1 heterocycles. The molecule has 3 N–H and O–H groups in total. The van der Waals surface area contributed by atoms with Gasteiger partial charge in [-0.25, -0.2) is 0 Å². The van der Waals surface area contributed by atoms with E-state index < -0.39 is 0 Å². The lowest BCUT2D eigenvalue weighted by atomic mass is 10.1. The van der Waals surface area contributed by atoms with E-state index >= 15 is 0 Å². The lowest BCUT2D eigenvalue weighted by Crippen LogP contribution is -2.11. The maximum Gasteiger partial charge on any atom is 0.255 e. The third-order valence-electron chi connectivity index (χ3n) is 3.73. The fraction of sp³-hybridized carbons (Fsp3) is 0.100. The van der Waals surface area contributed by atoms with Crippen LogP contribution >= 0.6 is 0 Å². The Bertz CT molecular complexity index is 816. The third-order valence-corrected chi connectivity index (χ3v) is 3.73. The lowest BCUT2D eigenvalue weighted by molar-refractivity contribution is 0.102. The van der Waals surface area contributed by atoms with Crippen LogP contribution in [0.3, 0.4) is 0 Å². The summed E-state index contributed by atoms with van der Waals surface area (Å²) in [7, 11) is 0. The number of aliphatic hydroxyl groups is 1. The van der Waals surface area contributed by atoms with Crippen molar-refractivity contribution in [3.8, 4) is 0 Å². The van der Waals surface area contributed by atoms with Crippen molar-refractivity contribution >= 4 is 23.0 Å². The predicted octanol–water partition coefficient (Wildman–Crippen LogP) is 3.61. The second-order valence-electron chi connectivity index (χ2n) is 5.56. The van der Waals surface area contributed by atoms with Gasteiger partial charge in [0.15, 0.2) is 0 Å². The highest BCUT2D eigenvalue weighted by Crippen LogP contribution is 2.17. The molecule has 1 aromatic heterocycles. The van der Waals surface area contributed by atoms with Crippen LogP contribution in [0.1, 0.15) is 15.9 Å². The minimum atomic E-state index is -0.162. The molecule has 0 saturated carbocycles. The van der Waals surface area contributed by atoms with Gasteiger partial charge in [0.2, 0.25) is 0 Å². The predicted molar refractivity (Wildman–Crippen MR) is 99.1 cm³/mol. The summed E-state index contributed by atoms with van der Waals surface area (Å²) in [6.45, 7) is 0.117. The monoisotopic (exact) mass is 333 g/mol. The normalized spacial score (nSPS) is 10.3. The molecule has 0 fully saturated rings. The fourth-order valence-electron chi connectivity index (χ4n) is 2.39. The zero-order valence-corrected chi connectivity index (χ0v) is 13.6. The second-order valence-corrected chi connectivity index (χ2v) is 5.56. The molecule has 3 aromatic rings. The summed E-state index contributed by atoms with van der Waals surface area (Å²) in [4.78, 5) is 16.3. The lowest BCUT2D eigenvalue weighted by Gasteiger charge is -2.08. The molecule has 126 valence electrons. The number of aliphatic hydroxyl groups excluding tert-OH is 1. The molecule has 0 aliphatic rings. The maximum atomic E-state index is 12.3. The summed E-state index contributed by atoms with van der Waals surface area (Å²) in [6, 6.07) is 18.5. The molecule has 3 rings (SSSR count). The Hall–Kier alpha value is -3.18. The zero-order chi connectivity index (χ0) is 17.5. The van der Waals surface area contributed by atoms with Gasteiger partial charge in [-0.1, -0.05) is 12.1 Å². The molecule has 0 saturated heterocycles. The maximum absolute atomic E-state index is 12.3. The van der Waals surface area contributed by atoms with Crippen LogP contribution in [-0.2, 0) is 6.42 Å². The van der Waals surface area contributed by atoms with Gasteiger partial charge in [-0.05, 0) is 60.5 Å². The first-order valence-electron chi connectivity index (χ1n) is 8.03. The van der Waals surface area contributed by atoms with Crippen molar-refractivity contribution in [3.05, 3.63) is 84.2 Å². The molecule has 0 aliphatic heterocycles. The smallest absolute Gasteiger partial charge is 0.255 e. The number of amides is 1. The van der Waals surface area contributed by atoms with E-state index in [2.05, 4.69) is 15.6 Å². The number of hydrogen-bond acceptors (Lipinski definition) is 4. The molecule has 5 nitrogen and oxygen atoms in total. The van der Waals surface area contributed by atoms with Crippen LogP contribution in [0.5, 0.6) is 0 Å². The van der Waals surface area contributed by atoms with Crippen LogP contribution in [0.4, 0.5) is 17.1 Å². The largest absolute Gasteiger partial charge is 0.396 e. The average Bonchev–Trinajstić information content (AvgIpc) is 2.65. The van der Waals surface area contributed by atoms with Gasteiger partial charge >= 0.3 is 0 Å². The number of rotatable bonds is 6. The van der Waals surface area contributed by atoms with Crippen molar-refractivity contribution in [2.45, 2.75) is 6.42 Å². The highest BCUT2D eigenvalue weighted by Gasteiger charge is 2.06. The van der Waals surface area contributed by atoms with Crippen molar-refractivity contribution in [3.63, 3.8) is 0 Å². The molecule has 0 unspecified atom stereocenters. The van der Waals surface area contributed by atoms with E-state index in [0.29, 0.717) is 12.0 Å². The highest BCUT2D eigenvalue weighted by atomic mass is 16.3. The van der Waals surface area contributed by atoms with E-state index in [-0.39, 0.29) is 12.5 Å². The minimum absolute atomic E-state index is 0.117. The number of pyridine rings is 1. The Kier molecular flexibility index (Phi) is 5.39. The molecule has 5 heteroatoms. The van der Waals surface area contributed by atoms with Crippen molar-refractivity contribution in [2.75, 3.05) is 17.2 Å². The van der Waals surface area contributed by atoms with Gasteiger partial charge in [0.05, 0.1) is 0 Å². The highest BCUT2D eigenvalue weighted by molar-refractivity contribution is 6.04. The molecule has 0 radical (unpaired) electrons. The van der Waals surface area contributed by atoms with Gasteiger partial charge in [0.1, 0.15) is 0 Å². The van der Waals surface area contributed by atoms with Crippen LogP contribution < -0.4 is 10.6 Å². The van der Waals surface area contributed by atoms with Crippen LogP contribution in [0.2, 0.25) is 0 Å². The summed E-state index contributed by atoms with van der Waals surface area (Å²) in [5.74, 6) is -0.162. The molecule has 0 aliphatic carbocycles. The summed E-state index contributed by atoms with van der Waals surface area (Å²) < 4.78 is 0. The van der Waals surface area contributed by atoms with Gasteiger partial charge in [0, 0.05) is 41.6 Å².